The summed E-state index contributed by atoms with van der Waals surface area (Å²) in [5.41, 5.74) is 1.09. The van der Waals surface area contributed by atoms with Gasteiger partial charge in [0.25, 0.3) is 11.5 Å². The summed E-state index contributed by atoms with van der Waals surface area (Å²) < 4.78 is 11.5. The highest BCUT2D eigenvalue weighted by Gasteiger charge is 2.24. The molecule has 0 spiro atoms. The first-order valence-corrected chi connectivity index (χ1v) is 9.85. The lowest BCUT2D eigenvalue weighted by Crippen LogP contribution is -2.38. The minimum Gasteiger partial charge on any atom is -0.497 e. The molecule has 1 aliphatic rings. The fraction of sp³-hybridized carbons (Fsp3) is 0.476. The SMILES string of the molecule is COCCn1nc(C(=O)NC[C@@H](c2ccc(OC)cc2)N2CCCC2)ccc1=O. The maximum absolute atomic E-state index is 12.7. The molecule has 8 nitrogen and oxygen atoms in total. The van der Waals surface area contributed by atoms with Gasteiger partial charge in [0, 0.05) is 19.7 Å². The van der Waals surface area contributed by atoms with E-state index in [4.69, 9.17) is 9.47 Å². The van der Waals surface area contributed by atoms with Crippen LogP contribution in [0.4, 0.5) is 0 Å². The van der Waals surface area contributed by atoms with E-state index in [1.165, 1.54) is 16.8 Å². The third-order valence-corrected chi connectivity index (χ3v) is 5.14. The Morgan fingerprint density at radius 3 is 2.52 bits per heavy atom. The van der Waals surface area contributed by atoms with Crippen LogP contribution in [-0.4, -0.2) is 61.0 Å². The molecule has 1 aromatic heterocycles. The summed E-state index contributed by atoms with van der Waals surface area (Å²) in [5, 5.41) is 7.15. The van der Waals surface area contributed by atoms with Crippen LogP contribution in [0.2, 0.25) is 0 Å². The van der Waals surface area contributed by atoms with Crippen molar-refractivity contribution >= 4 is 5.91 Å². The molecule has 1 saturated heterocycles. The molecule has 1 aromatic carbocycles. The number of rotatable bonds is 9. The second-order valence-corrected chi connectivity index (χ2v) is 7.01. The Kier molecular flexibility index (Phi) is 7.37. The number of carbonyl (C=O) groups excluding carboxylic acids is 1. The summed E-state index contributed by atoms with van der Waals surface area (Å²) in [7, 11) is 3.20. The highest BCUT2D eigenvalue weighted by molar-refractivity contribution is 5.92. The van der Waals surface area contributed by atoms with Crippen LogP contribution in [-0.2, 0) is 11.3 Å². The number of hydrogen-bond acceptors (Lipinski definition) is 6. The number of nitrogens with one attached hydrogen (secondary N) is 1. The summed E-state index contributed by atoms with van der Waals surface area (Å²) >= 11 is 0. The quantitative estimate of drug-likeness (QED) is 0.686. The molecule has 3 rings (SSSR count). The average Bonchev–Trinajstić information content (AvgIpc) is 3.28. The monoisotopic (exact) mass is 400 g/mol. The number of aromatic nitrogens is 2. The molecular weight excluding hydrogens is 372 g/mol. The van der Waals surface area contributed by atoms with Crippen molar-refractivity contribution in [1.29, 1.82) is 0 Å². The molecule has 2 aromatic rings. The highest BCUT2D eigenvalue weighted by atomic mass is 16.5. The summed E-state index contributed by atoms with van der Waals surface area (Å²) in [6.07, 6.45) is 2.32. The lowest BCUT2D eigenvalue weighted by molar-refractivity contribution is 0.0929. The molecule has 0 saturated carbocycles. The Morgan fingerprint density at radius 2 is 1.86 bits per heavy atom. The summed E-state index contributed by atoms with van der Waals surface area (Å²) in [4.78, 5) is 26.9. The summed E-state index contributed by atoms with van der Waals surface area (Å²) in [5.74, 6) is 0.509. The standard InChI is InChI=1S/C21H28N4O4/c1-28-14-13-25-20(26)10-9-18(23-25)21(27)22-15-19(24-11-3-4-12-24)16-5-7-17(29-2)8-6-16/h5-10,19H,3-4,11-15H2,1-2H3,(H,22,27)/t19-/m0/s1. The van der Waals surface area contributed by atoms with Crippen LogP contribution in [0.25, 0.3) is 0 Å². The zero-order chi connectivity index (χ0) is 20.6. The van der Waals surface area contributed by atoms with Gasteiger partial charge in [-0.3, -0.25) is 14.5 Å². The molecule has 1 N–H and O–H groups in total. The smallest absolute Gasteiger partial charge is 0.271 e. The van der Waals surface area contributed by atoms with Gasteiger partial charge in [-0.05, 0) is 49.7 Å². The van der Waals surface area contributed by atoms with Crippen molar-refractivity contribution in [2.75, 3.05) is 40.5 Å². The number of carbonyl (C=O) groups is 1. The normalized spacial score (nSPS) is 15.2. The number of ether oxygens (including phenoxy) is 2. The molecule has 0 radical (unpaired) electrons. The van der Waals surface area contributed by atoms with Crippen molar-refractivity contribution in [2.45, 2.75) is 25.4 Å². The van der Waals surface area contributed by atoms with Gasteiger partial charge in [-0.15, -0.1) is 0 Å². The van der Waals surface area contributed by atoms with Gasteiger partial charge in [-0.25, -0.2) is 4.68 Å². The van der Waals surface area contributed by atoms with Crippen molar-refractivity contribution in [3.05, 3.63) is 58.0 Å². The Bertz CT molecular complexity index is 860. The Hall–Kier alpha value is -2.71. The van der Waals surface area contributed by atoms with Gasteiger partial charge in [0.2, 0.25) is 0 Å². The molecular formula is C21H28N4O4. The van der Waals surface area contributed by atoms with E-state index in [-0.39, 0.29) is 23.2 Å². The molecule has 1 fully saturated rings. The molecule has 1 amide bonds. The van der Waals surface area contributed by atoms with Crippen molar-refractivity contribution in [3.63, 3.8) is 0 Å². The van der Waals surface area contributed by atoms with Crippen LogP contribution in [0.5, 0.6) is 5.75 Å². The van der Waals surface area contributed by atoms with Gasteiger partial charge in [-0.2, -0.15) is 5.10 Å². The minimum absolute atomic E-state index is 0.0757. The number of likely N-dealkylation sites (tertiary alicyclic amines) is 1. The van der Waals surface area contributed by atoms with Gasteiger partial charge in [0.05, 0.1) is 26.3 Å². The molecule has 8 heteroatoms. The second-order valence-electron chi connectivity index (χ2n) is 7.01. The first-order valence-electron chi connectivity index (χ1n) is 9.85. The van der Waals surface area contributed by atoms with E-state index in [9.17, 15) is 9.59 Å². The van der Waals surface area contributed by atoms with Crippen molar-refractivity contribution in [1.82, 2.24) is 20.0 Å². The maximum atomic E-state index is 12.7. The third kappa shape index (κ3) is 5.42. The average molecular weight is 400 g/mol. The van der Waals surface area contributed by atoms with Gasteiger partial charge in [0.1, 0.15) is 11.4 Å². The molecule has 156 valence electrons. The van der Waals surface area contributed by atoms with Gasteiger partial charge >= 0.3 is 0 Å². The van der Waals surface area contributed by atoms with Crippen LogP contribution in [0, 0.1) is 0 Å². The highest BCUT2D eigenvalue weighted by Crippen LogP contribution is 2.26. The van der Waals surface area contributed by atoms with E-state index in [0.29, 0.717) is 19.7 Å². The van der Waals surface area contributed by atoms with E-state index in [1.807, 2.05) is 24.3 Å². The Labute approximate surface area is 170 Å². The third-order valence-electron chi connectivity index (χ3n) is 5.14. The summed E-state index contributed by atoms with van der Waals surface area (Å²) in [6, 6.07) is 10.8. The molecule has 2 heterocycles. The Balaban J connectivity index is 1.71. The first kappa shape index (κ1) is 21.0. The van der Waals surface area contributed by atoms with Crippen LogP contribution >= 0.6 is 0 Å². The van der Waals surface area contributed by atoms with Crippen molar-refractivity contribution in [2.24, 2.45) is 0 Å². The Morgan fingerprint density at radius 1 is 1.14 bits per heavy atom. The van der Waals surface area contributed by atoms with Crippen molar-refractivity contribution < 1.29 is 14.3 Å². The number of nitrogens with zero attached hydrogens (tertiary/aromatic N) is 3. The van der Waals surface area contributed by atoms with E-state index < -0.39 is 0 Å². The molecule has 1 atom stereocenters. The lowest BCUT2D eigenvalue weighted by atomic mass is 10.1. The van der Waals surface area contributed by atoms with Crippen LogP contribution in [0.1, 0.15) is 34.9 Å². The maximum Gasteiger partial charge on any atom is 0.271 e. The molecule has 0 aliphatic carbocycles. The van der Waals surface area contributed by atoms with Crippen LogP contribution < -0.4 is 15.6 Å². The van der Waals surface area contributed by atoms with Crippen LogP contribution in [0.15, 0.2) is 41.2 Å². The van der Waals surface area contributed by atoms with E-state index in [0.717, 1.165) is 37.2 Å². The van der Waals surface area contributed by atoms with Gasteiger partial charge < -0.3 is 14.8 Å². The molecule has 1 aliphatic heterocycles. The number of methoxy groups -OCH3 is 2. The number of benzene rings is 1. The lowest BCUT2D eigenvalue weighted by Gasteiger charge is -2.28. The zero-order valence-corrected chi connectivity index (χ0v) is 17.0. The number of hydrogen-bond donors (Lipinski definition) is 1. The molecule has 29 heavy (non-hydrogen) atoms. The minimum atomic E-state index is -0.297. The molecule has 0 bridgehead atoms. The topological polar surface area (TPSA) is 85.7 Å². The van der Waals surface area contributed by atoms with E-state index in [1.54, 1.807) is 14.2 Å². The predicted molar refractivity (Wildman–Crippen MR) is 109 cm³/mol. The summed E-state index contributed by atoms with van der Waals surface area (Å²) in [6.45, 7) is 3.13. The predicted octanol–water partition coefficient (Wildman–Crippen LogP) is 1.47. The van der Waals surface area contributed by atoms with E-state index >= 15 is 0 Å². The van der Waals surface area contributed by atoms with Gasteiger partial charge in [-0.1, -0.05) is 12.1 Å². The zero-order valence-electron chi connectivity index (χ0n) is 17.0. The largest absolute Gasteiger partial charge is 0.497 e. The van der Waals surface area contributed by atoms with Crippen LogP contribution in [0.3, 0.4) is 0 Å². The number of amides is 1. The van der Waals surface area contributed by atoms with E-state index in [2.05, 4.69) is 15.3 Å². The molecule has 0 unspecified atom stereocenters. The fourth-order valence-corrected chi connectivity index (χ4v) is 3.52. The van der Waals surface area contributed by atoms with Gasteiger partial charge in [0.15, 0.2) is 0 Å². The first-order chi connectivity index (χ1) is 14.1. The van der Waals surface area contributed by atoms with Crippen molar-refractivity contribution in [3.8, 4) is 5.75 Å². The fourth-order valence-electron chi connectivity index (χ4n) is 3.52. The second kappa shape index (κ2) is 10.2.